The molecule has 78 heavy (non-hydrogen) atoms. The molecule has 0 fully saturated rings. The van der Waals surface area contributed by atoms with Crippen molar-refractivity contribution < 1.29 is 32.9 Å². The van der Waals surface area contributed by atoms with Crippen molar-refractivity contribution in [3.05, 3.63) is 48.6 Å². The third kappa shape index (κ3) is 62.1. The van der Waals surface area contributed by atoms with Gasteiger partial charge >= 0.3 is 7.82 Å². The van der Waals surface area contributed by atoms with Crippen LogP contribution in [-0.2, 0) is 18.4 Å². The monoisotopic (exact) mass is 1120 g/mol. The van der Waals surface area contributed by atoms with E-state index in [0.29, 0.717) is 17.4 Å². The van der Waals surface area contributed by atoms with Gasteiger partial charge in [-0.3, -0.25) is 13.8 Å². The Hall–Kier alpha value is -1.54. The lowest BCUT2D eigenvalue weighted by atomic mass is 10.0. The zero-order valence-electron chi connectivity index (χ0n) is 52.7. The summed E-state index contributed by atoms with van der Waals surface area (Å²) in [6.07, 6.45) is 81.1. The lowest BCUT2D eigenvalue weighted by Crippen LogP contribution is -2.45. The Morgan fingerprint density at radius 2 is 0.744 bits per heavy atom. The average Bonchev–Trinajstić information content (AvgIpc) is 3.41. The van der Waals surface area contributed by atoms with Gasteiger partial charge < -0.3 is 19.8 Å². The fraction of sp³-hybridized carbons (Fsp3) is 0.870. The van der Waals surface area contributed by atoms with E-state index in [1.54, 1.807) is 6.08 Å². The summed E-state index contributed by atoms with van der Waals surface area (Å²) < 4.78 is 23.8. The summed E-state index contributed by atoms with van der Waals surface area (Å²) in [6.45, 7) is 4.83. The van der Waals surface area contributed by atoms with Gasteiger partial charge in [-0.2, -0.15) is 0 Å². The summed E-state index contributed by atoms with van der Waals surface area (Å²) in [5.74, 6) is -0.184. The number of carbonyl (C=O) groups is 1. The third-order valence-corrected chi connectivity index (χ3v) is 16.5. The molecule has 0 bridgehead atoms. The molecular formula is C69H134N2O6P+. The standard InChI is InChI=1S/C69H133N2O6P/c1-6-8-10-12-14-16-18-20-22-24-26-28-30-32-33-34-35-36-37-39-40-42-44-46-48-50-52-54-56-58-60-62-68(72)67(66-77-78(74,75)76-65-64-71(3,4)5)70-69(73)63-61-59-57-55-53-51-49-47-45-43-41-38-31-29-27-25-23-21-19-17-15-13-11-9-7-2/h19,21,25,27,52,54,60,62,67-68,72H,6-18,20,22-24,26,28-51,53,55-59,61,63-66H2,1-5H3,(H-,70,73,74,75)/p+1/b21-19-,27-25-,54-52+,62-60+. The number of likely N-dealkylation sites (N-methyl/N-ethyl adjacent to an activating group) is 1. The molecular weight excluding hydrogens is 984 g/mol. The normalized spacial score (nSPS) is 14.0. The van der Waals surface area contributed by atoms with Crippen LogP contribution in [0, 0.1) is 0 Å². The summed E-state index contributed by atoms with van der Waals surface area (Å²) in [7, 11) is 1.56. The lowest BCUT2D eigenvalue weighted by Gasteiger charge is -2.25. The van der Waals surface area contributed by atoms with E-state index in [-0.39, 0.29) is 19.1 Å². The van der Waals surface area contributed by atoms with Gasteiger partial charge in [0.05, 0.1) is 39.9 Å². The molecule has 0 spiro atoms. The molecule has 0 aliphatic carbocycles. The summed E-state index contributed by atoms with van der Waals surface area (Å²) >= 11 is 0. The Balaban J connectivity index is 4.12. The van der Waals surface area contributed by atoms with Gasteiger partial charge in [-0.25, -0.2) is 4.57 Å². The second kappa shape index (κ2) is 60.1. The van der Waals surface area contributed by atoms with Gasteiger partial charge in [0.15, 0.2) is 0 Å². The fourth-order valence-electron chi connectivity index (χ4n) is 10.2. The number of nitrogens with zero attached hydrogens (tertiary/aromatic N) is 1. The molecule has 3 atom stereocenters. The van der Waals surface area contributed by atoms with Gasteiger partial charge in [0.25, 0.3) is 0 Å². The first-order chi connectivity index (χ1) is 38.0. The molecule has 0 aromatic rings. The Morgan fingerprint density at radius 3 is 1.10 bits per heavy atom. The number of carbonyl (C=O) groups excluding carboxylic acids is 1. The molecule has 3 N–H and O–H groups in total. The molecule has 0 radical (unpaired) electrons. The van der Waals surface area contributed by atoms with Crippen LogP contribution in [0.25, 0.3) is 0 Å². The number of aliphatic hydroxyl groups is 1. The van der Waals surface area contributed by atoms with Crippen molar-refractivity contribution in [2.45, 2.75) is 347 Å². The third-order valence-electron chi connectivity index (χ3n) is 15.5. The SMILES string of the molecule is CCCCCCC/C=C\C/C=C\CCCCCCCCCCCCCCCC(=O)NC(COP(=O)(O)OCC[N+](C)(C)C)C(O)/C=C/CC/C=C/CCCCCCCCCCCCCCCCCCCCCCCCCCC. The largest absolute Gasteiger partial charge is 0.472 e. The summed E-state index contributed by atoms with van der Waals surface area (Å²) in [4.78, 5) is 23.4. The van der Waals surface area contributed by atoms with Crippen LogP contribution in [0.15, 0.2) is 48.6 Å². The zero-order valence-corrected chi connectivity index (χ0v) is 53.6. The minimum absolute atomic E-state index is 0.0561. The Labute approximate surface area is 486 Å². The predicted molar refractivity (Wildman–Crippen MR) is 341 cm³/mol. The number of nitrogens with one attached hydrogen (secondary N) is 1. The van der Waals surface area contributed by atoms with Crippen LogP contribution >= 0.6 is 7.82 Å². The summed E-state index contributed by atoms with van der Waals surface area (Å²) in [6, 6.07) is -0.866. The van der Waals surface area contributed by atoms with E-state index >= 15 is 0 Å². The van der Waals surface area contributed by atoms with Crippen LogP contribution in [0.1, 0.15) is 335 Å². The van der Waals surface area contributed by atoms with Gasteiger partial charge in [-0.05, 0) is 64.2 Å². The lowest BCUT2D eigenvalue weighted by molar-refractivity contribution is -0.870. The van der Waals surface area contributed by atoms with Crippen molar-refractivity contribution in [3.8, 4) is 0 Å². The van der Waals surface area contributed by atoms with Crippen molar-refractivity contribution in [1.82, 2.24) is 5.32 Å². The maximum atomic E-state index is 13.0. The quantitative estimate of drug-likeness (QED) is 0.0243. The minimum atomic E-state index is -4.36. The van der Waals surface area contributed by atoms with E-state index in [9.17, 15) is 19.4 Å². The van der Waals surface area contributed by atoms with Gasteiger partial charge in [0, 0.05) is 6.42 Å². The fourth-order valence-corrected chi connectivity index (χ4v) is 10.9. The first-order valence-corrected chi connectivity index (χ1v) is 35.5. The van der Waals surface area contributed by atoms with Crippen LogP contribution in [0.2, 0.25) is 0 Å². The van der Waals surface area contributed by atoms with Crippen molar-refractivity contribution in [2.75, 3.05) is 40.9 Å². The molecule has 0 aliphatic rings. The predicted octanol–water partition coefficient (Wildman–Crippen LogP) is 21.4. The van der Waals surface area contributed by atoms with E-state index in [4.69, 9.17) is 9.05 Å². The molecule has 0 saturated carbocycles. The number of phosphoric acid groups is 1. The highest BCUT2D eigenvalue weighted by atomic mass is 31.2. The molecule has 3 unspecified atom stereocenters. The minimum Gasteiger partial charge on any atom is -0.387 e. The van der Waals surface area contributed by atoms with E-state index in [1.807, 2.05) is 27.2 Å². The number of aliphatic hydroxyl groups excluding tert-OH is 1. The summed E-state index contributed by atoms with van der Waals surface area (Å²) in [5.41, 5.74) is 0. The van der Waals surface area contributed by atoms with Crippen LogP contribution in [-0.4, -0.2) is 73.4 Å². The Morgan fingerprint density at radius 1 is 0.436 bits per heavy atom. The number of amides is 1. The van der Waals surface area contributed by atoms with Gasteiger partial charge in [-0.1, -0.05) is 313 Å². The Bertz CT molecular complexity index is 1410. The Kier molecular flexibility index (Phi) is 58.9. The van der Waals surface area contributed by atoms with E-state index in [0.717, 1.165) is 44.9 Å². The first kappa shape index (κ1) is 76.5. The highest BCUT2D eigenvalue weighted by Crippen LogP contribution is 2.43. The average molecular weight is 1120 g/mol. The summed E-state index contributed by atoms with van der Waals surface area (Å²) in [5, 5.41) is 14.0. The highest BCUT2D eigenvalue weighted by molar-refractivity contribution is 7.47. The number of phosphoric ester groups is 1. The van der Waals surface area contributed by atoms with E-state index in [2.05, 4.69) is 55.6 Å². The zero-order chi connectivity index (χ0) is 57.0. The van der Waals surface area contributed by atoms with Gasteiger partial charge in [-0.15, -0.1) is 0 Å². The van der Waals surface area contributed by atoms with Crippen molar-refractivity contribution >= 4 is 13.7 Å². The van der Waals surface area contributed by atoms with Gasteiger partial charge in [0.2, 0.25) is 5.91 Å². The molecule has 0 aliphatic heterocycles. The molecule has 8 nitrogen and oxygen atoms in total. The molecule has 9 heteroatoms. The number of rotatable bonds is 63. The topological polar surface area (TPSA) is 105 Å². The van der Waals surface area contributed by atoms with Crippen molar-refractivity contribution in [3.63, 3.8) is 0 Å². The second-order valence-corrected chi connectivity index (χ2v) is 26.0. The first-order valence-electron chi connectivity index (χ1n) is 34.0. The maximum Gasteiger partial charge on any atom is 0.472 e. The molecule has 0 aromatic carbocycles. The molecule has 0 aromatic heterocycles. The molecule has 460 valence electrons. The smallest absolute Gasteiger partial charge is 0.387 e. The number of unbranched alkanes of at least 4 members (excludes halogenated alkanes) is 44. The molecule has 0 heterocycles. The molecule has 0 saturated heterocycles. The van der Waals surface area contributed by atoms with Crippen molar-refractivity contribution in [1.29, 1.82) is 0 Å². The van der Waals surface area contributed by atoms with Crippen LogP contribution < -0.4 is 5.32 Å². The number of hydrogen-bond acceptors (Lipinski definition) is 5. The second-order valence-electron chi connectivity index (χ2n) is 24.5. The van der Waals surface area contributed by atoms with Crippen LogP contribution in [0.5, 0.6) is 0 Å². The van der Waals surface area contributed by atoms with Crippen LogP contribution in [0.3, 0.4) is 0 Å². The maximum absolute atomic E-state index is 13.0. The molecule has 0 rings (SSSR count). The highest BCUT2D eigenvalue weighted by Gasteiger charge is 2.28. The van der Waals surface area contributed by atoms with Gasteiger partial charge in [0.1, 0.15) is 13.2 Å². The molecule has 1 amide bonds. The van der Waals surface area contributed by atoms with E-state index in [1.165, 1.54) is 270 Å². The number of quaternary nitrogens is 1. The number of hydrogen-bond donors (Lipinski definition) is 3. The van der Waals surface area contributed by atoms with Crippen LogP contribution in [0.4, 0.5) is 0 Å². The van der Waals surface area contributed by atoms with Crippen molar-refractivity contribution in [2.24, 2.45) is 0 Å². The van der Waals surface area contributed by atoms with E-state index < -0.39 is 20.0 Å². The number of allylic oxidation sites excluding steroid dienone is 7.